The number of nitrogens with one attached hydrogen (secondary N) is 1. The number of ether oxygens (including phenoxy) is 1. The molecule has 0 aromatic carbocycles. The second kappa shape index (κ2) is 5.69. The summed E-state index contributed by atoms with van der Waals surface area (Å²) in [7, 11) is 3.96. The first-order valence-electron chi connectivity index (χ1n) is 5.57. The van der Waals surface area contributed by atoms with E-state index < -0.39 is 0 Å². The summed E-state index contributed by atoms with van der Waals surface area (Å²) in [5.74, 6) is 0.805. The molecule has 3 unspecified atom stereocenters. The lowest BCUT2D eigenvalue weighted by Crippen LogP contribution is -2.39. The van der Waals surface area contributed by atoms with E-state index in [9.17, 15) is 0 Å². The van der Waals surface area contributed by atoms with Crippen molar-refractivity contribution in [1.82, 2.24) is 10.2 Å². The van der Waals surface area contributed by atoms with Gasteiger partial charge in [-0.15, -0.1) is 0 Å². The number of hydrogen-bond donors (Lipinski definition) is 1. The topological polar surface area (TPSA) is 24.5 Å². The van der Waals surface area contributed by atoms with Gasteiger partial charge in [0, 0.05) is 25.7 Å². The van der Waals surface area contributed by atoms with Crippen molar-refractivity contribution in [2.45, 2.75) is 32.4 Å². The van der Waals surface area contributed by atoms with E-state index in [1.54, 1.807) is 7.11 Å². The molecule has 0 aromatic rings. The standard InChI is InChI=1S/C11H24N2O/c1-9(8-14-4)13(3)7-11-5-6-12-10(11)2/h9-12H,5-8H2,1-4H3. The number of nitrogens with zero attached hydrogens (tertiary/aromatic N) is 1. The first-order chi connectivity index (χ1) is 6.65. The molecule has 1 rings (SSSR count). The number of methoxy groups -OCH3 is 1. The lowest BCUT2D eigenvalue weighted by atomic mass is 10.0. The summed E-state index contributed by atoms with van der Waals surface area (Å²) in [5, 5.41) is 3.49. The molecule has 0 saturated carbocycles. The minimum Gasteiger partial charge on any atom is -0.383 e. The van der Waals surface area contributed by atoms with Crippen LogP contribution in [0, 0.1) is 5.92 Å². The Morgan fingerprint density at radius 3 is 2.79 bits per heavy atom. The maximum absolute atomic E-state index is 5.16. The van der Waals surface area contributed by atoms with E-state index >= 15 is 0 Å². The van der Waals surface area contributed by atoms with Crippen molar-refractivity contribution in [1.29, 1.82) is 0 Å². The van der Waals surface area contributed by atoms with Gasteiger partial charge in [-0.2, -0.15) is 0 Å². The molecule has 0 aliphatic carbocycles. The fourth-order valence-electron chi connectivity index (χ4n) is 2.08. The second-order valence-electron chi connectivity index (χ2n) is 4.54. The molecule has 1 aliphatic rings. The van der Waals surface area contributed by atoms with Crippen molar-refractivity contribution in [3.8, 4) is 0 Å². The molecule has 0 amide bonds. The highest BCUT2D eigenvalue weighted by Gasteiger charge is 2.24. The summed E-state index contributed by atoms with van der Waals surface area (Å²) >= 11 is 0. The Hall–Kier alpha value is -0.120. The van der Waals surface area contributed by atoms with Crippen LogP contribution in [-0.2, 0) is 4.74 Å². The van der Waals surface area contributed by atoms with E-state index in [2.05, 4.69) is 31.1 Å². The van der Waals surface area contributed by atoms with Gasteiger partial charge in [0.1, 0.15) is 0 Å². The van der Waals surface area contributed by atoms with Crippen molar-refractivity contribution >= 4 is 0 Å². The zero-order valence-electron chi connectivity index (χ0n) is 9.92. The minimum atomic E-state index is 0.521. The molecule has 1 fully saturated rings. The molecule has 1 aliphatic heterocycles. The van der Waals surface area contributed by atoms with Gasteiger partial charge in [-0.3, -0.25) is 0 Å². The molecule has 3 atom stereocenters. The van der Waals surface area contributed by atoms with Crippen LogP contribution in [0.1, 0.15) is 20.3 Å². The highest BCUT2D eigenvalue weighted by molar-refractivity contribution is 4.82. The van der Waals surface area contributed by atoms with Crippen molar-refractivity contribution in [2.24, 2.45) is 5.92 Å². The Morgan fingerprint density at radius 2 is 2.29 bits per heavy atom. The maximum Gasteiger partial charge on any atom is 0.0615 e. The van der Waals surface area contributed by atoms with E-state index in [0.29, 0.717) is 12.1 Å². The quantitative estimate of drug-likeness (QED) is 0.715. The maximum atomic E-state index is 5.16. The Kier molecular flexibility index (Phi) is 4.85. The molecule has 1 N–H and O–H groups in total. The van der Waals surface area contributed by atoms with Crippen LogP contribution in [0.15, 0.2) is 0 Å². The van der Waals surface area contributed by atoms with E-state index in [1.165, 1.54) is 19.5 Å². The van der Waals surface area contributed by atoms with Gasteiger partial charge in [-0.25, -0.2) is 0 Å². The fourth-order valence-corrected chi connectivity index (χ4v) is 2.08. The Balaban J connectivity index is 2.28. The lowest BCUT2D eigenvalue weighted by molar-refractivity contribution is 0.104. The van der Waals surface area contributed by atoms with Crippen LogP contribution >= 0.6 is 0 Å². The van der Waals surface area contributed by atoms with Gasteiger partial charge in [0.2, 0.25) is 0 Å². The van der Waals surface area contributed by atoms with Gasteiger partial charge < -0.3 is 15.0 Å². The third kappa shape index (κ3) is 3.23. The van der Waals surface area contributed by atoms with E-state index in [4.69, 9.17) is 4.74 Å². The molecule has 3 heteroatoms. The molecule has 0 aromatic heterocycles. The molecule has 0 spiro atoms. The summed E-state index contributed by atoms with van der Waals surface area (Å²) < 4.78 is 5.16. The van der Waals surface area contributed by atoms with Crippen LogP contribution in [0.5, 0.6) is 0 Å². The molecule has 1 heterocycles. The first kappa shape index (κ1) is 12.0. The second-order valence-corrected chi connectivity index (χ2v) is 4.54. The van der Waals surface area contributed by atoms with Gasteiger partial charge in [-0.05, 0) is 39.8 Å². The lowest BCUT2D eigenvalue weighted by Gasteiger charge is -2.28. The molecular formula is C11H24N2O. The van der Waals surface area contributed by atoms with Gasteiger partial charge in [0.25, 0.3) is 0 Å². The third-order valence-electron chi connectivity index (χ3n) is 3.37. The summed E-state index contributed by atoms with van der Waals surface area (Å²) in [6.07, 6.45) is 1.31. The number of hydrogen-bond acceptors (Lipinski definition) is 3. The summed E-state index contributed by atoms with van der Waals surface area (Å²) in [5.41, 5.74) is 0. The van der Waals surface area contributed by atoms with E-state index in [1.807, 2.05) is 0 Å². The highest BCUT2D eigenvalue weighted by Crippen LogP contribution is 2.16. The fraction of sp³-hybridized carbons (Fsp3) is 1.00. The zero-order chi connectivity index (χ0) is 10.6. The monoisotopic (exact) mass is 200 g/mol. The summed E-state index contributed by atoms with van der Waals surface area (Å²) in [6.45, 7) is 7.69. The number of rotatable bonds is 5. The van der Waals surface area contributed by atoms with Crippen LogP contribution in [-0.4, -0.2) is 50.8 Å². The van der Waals surface area contributed by atoms with Gasteiger partial charge >= 0.3 is 0 Å². The molecule has 3 nitrogen and oxygen atoms in total. The predicted octanol–water partition coefficient (Wildman–Crippen LogP) is 0.951. The van der Waals surface area contributed by atoms with Gasteiger partial charge in [-0.1, -0.05) is 0 Å². The third-order valence-corrected chi connectivity index (χ3v) is 3.37. The van der Waals surface area contributed by atoms with Crippen molar-refractivity contribution in [3.05, 3.63) is 0 Å². The molecule has 0 radical (unpaired) electrons. The minimum absolute atomic E-state index is 0.521. The Bertz CT molecular complexity index is 163. The Labute approximate surface area is 87.8 Å². The molecule has 14 heavy (non-hydrogen) atoms. The highest BCUT2D eigenvalue weighted by atomic mass is 16.5. The van der Waals surface area contributed by atoms with E-state index in [-0.39, 0.29) is 0 Å². The van der Waals surface area contributed by atoms with Crippen LogP contribution in [0.25, 0.3) is 0 Å². The largest absolute Gasteiger partial charge is 0.383 e. The van der Waals surface area contributed by atoms with E-state index in [0.717, 1.165) is 12.5 Å². The Morgan fingerprint density at radius 1 is 1.57 bits per heavy atom. The van der Waals surface area contributed by atoms with Crippen LogP contribution in [0.3, 0.4) is 0 Å². The van der Waals surface area contributed by atoms with Gasteiger partial charge in [0.15, 0.2) is 0 Å². The average molecular weight is 200 g/mol. The van der Waals surface area contributed by atoms with Gasteiger partial charge in [0.05, 0.1) is 6.61 Å². The van der Waals surface area contributed by atoms with Crippen LogP contribution in [0.4, 0.5) is 0 Å². The zero-order valence-corrected chi connectivity index (χ0v) is 9.92. The van der Waals surface area contributed by atoms with Crippen molar-refractivity contribution in [2.75, 3.05) is 33.9 Å². The van der Waals surface area contributed by atoms with Crippen LogP contribution < -0.4 is 5.32 Å². The average Bonchev–Trinajstić information content (AvgIpc) is 2.52. The van der Waals surface area contributed by atoms with Crippen LogP contribution in [0.2, 0.25) is 0 Å². The summed E-state index contributed by atoms with van der Waals surface area (Å²) in [4.78, 5) is 2.40. The molecule has 1 saturated heterocycles. The molecule has 84 valence electrons. The summed E-state index contributed by atoms with van der Waals surface area (Å²) in [6, 6.07) is 1.19. The normalized spacial score (nSPS) is 29.8. The van der Waals surface area contributed by atoms with Crippen molar-refractivity contribution < 1.29 is 4.74 Å². The molecule has 0 bridgehead atoms. The number of likely N-dealkylation sites (N-methyl/N-ethyl adjacent to an activating group) is 1. The SMILES string of the molecule is COCC(C)N(C)CC1CCNC1C. The smallest absolute Gasteiger partial charge is 0.0615 e. The predicted molar refractivity (Wildman–Crippen MR) is 59.5 cm³/mol. The molecular weight excluding hydrogens is 176 g/mol. The van der Waals surface area contributed by atoms with Crippen molar-refractivity contribution in [3.63, 3.8) is 0 Å². The first-order valence-corrected chi connectivity index (χ1v) is 5.57.